The fraction of sp³-hybridized carbons (Fsp3) is 0.800. The number of rotatable bonds is 5. The number of morpholine rings is 1. The van der Waals surface area contributed by atoms with Crippen molar-refractivity contribution in [2.75, 3.05) is 32.9 Å². The van der Waals surface area contributed by atoms with E-state index in [4.69, 9.17) is 9.84 Å². The molecule has 1 amide bonds. The number of hydrogen-bond acceptors (Lipinski definition) is 4. The van der Waals surface area contributed by atoms with Crippen molar-refractivity contribution in [1.82, 2.24) is 4.90 Å². The van der Waals surface area contributed by atoms with Gasteiger partial charge in [0.15, 0.2) is 0 Å². The van der Waals surface area contributed by atoms with Crippen molar-refractivity contribution in [3.05, 3.63) is 0 Å². The Kier molecular flexibility index (Phi) is 5.55. The largest absolute Gasteiger partial charge is 0.481 e. The lowest BCUT2D eigenvalue weighted by Crippen LogP contribution is -2.47. The predicted octanol–water partition coefficient (Wildman–Crippen LogP) is 0.267. The Balaban J connectivity index is 2.33. The Morgan fingerprint density at radius 3 is 2.68 bits per heavy atom. The summed E-state index contributed by atoms with van der Waals surface area (Å²) < 4.78 is 44.8. The summed E-state index contributed by atoms with van der Waals surface area (Å²) in [4.78, 5) is 23.3. The minimum atomic E-state index is -4.48. The second-order valence-electron chi connectivity index (χ2n) is 4.04. The number of carboxylic acids is 1. The van der Waals surface area contributed by atoms with Crippen LogP contribution in [0, 0.1) is 0 Å². The Bertz CT molecular complexity index is 334. The van der Waals surface area contributed by atoms with Crippen LogP contribution in [0.5, 0.6) is 0 Å². The molecule has 0 aromatic heterocycles. The first-order valence-electron chi connectivity index (χ1n) is 5.53. The summed E-state index contributed by atoms with van der Waals surface area (Å²) in [5.41, 5.74) is 0. The van der Waals surface area contributed by atoms with E-state index in [2.05, 4.69) is 4.74 Å². The van der Waals surface area contributed by atoms with E-state index in [-0.39, 0.29) is 26.1 Å². The van der Waals surface area contributed by atoms with Gasteiger partial charge in [-0.1, -0.05) is 0 Å². The Morgan fingerprint density at radius 2 is 2.11 bits per heavy atom. The van der Waals surface area contributed by atoms with Gasteiger partial charge >= 0.3 is 12.1 Å². The van der Waals surface area contributed by atoms with Crippen LogP contribution in [0.1, 0.15) is 6.42 Å². The first-order valence-corrected chi connectivity index (χ1v) is 5.53. The summed E-state index contributed by atoms with van der Waals surface area (Å²) in [6, 6.07) is 0. The molecule has 1 aliphatic heterocycles. The highest BCUT2D eigenvalue weighted by molar-refractivity contribution is 5.77. The zero-order chi connectivity index (χ0) is 14.5. The monoisotopic (exact) mass is 285 g/mol. The normalized spacial score (nSPS) is 20.4. The van der Waals surface area contributed by atoms with Crippen LogP contribution in [0.15, 0.2) is 0 Å². The van der Waals surface area contributed by atoms with Crippen LogP contribution in [0.3, 0.4) is 0 Å². The third-order valence-electron chi connectivity index (χ3n) is 2.39. The Hall–Kier alpha value is -1.35. The standard InChI is InChI=1S/C10H14F3NO5/c11-10(12,13)6-18-5-8(15)14-1-2-19-7(4-14)3-9(16)17/h7H,1-6H2,(H,16,17). The third kappa shape index (κ3) is 6.39. The summed E-state index contributed by atoms with van der Waals surface area (Å²) in [6.45, 7) is -1.76. The van der Waals surface area contributed by atoms with Crippen molar-refractivity contribution < 1.29 is 37.3 Å². The molecule has 1 rings (SSSR count). The molecule has 1 atom stereocenters. The second-order valence-corrected chi connectivity index (χ2v) is 4.04. The molecule has 1 heterocycles. The highest BCUT2D eigenvalue weighted by atomic mass is 19.4. The zero-order valence-corrected chi connectivity index (χ0v) is 9.98. The van der Waals surface area contributed by atoms with E-state index in [0.717, 1.165) is 0 Å². The number of ether oxygens (including phenoxy) is 2. The van der Waals surface area contributed by atoms with E-state index < -0.39 is 37.4 Å². The zero-order valence-electron chi connectivity index (χ0n) is 9.98. The first-order chi connectivity index (χ1) is 8.78. The Labute approximate surface area is 107 Å². The minimum absolute atomic E-state index is 0.0422. The molecule has 0 radical (unpaired) electrons. The maximum atomic E-state index is 11.8. The summed E-state index contributed by atoms with van der Waals surface area (Å²) >= 11 is 0. The number of amides is 1. The van der Waals surface area contributed by atoms with Gasteiger partial charge in [-0.15, -0.1) is 0 Å². The molecule has 1 N–H and O–H groups in total. The van der Waals surface area contributed by atoms with Crippen molar-refractivity contribution in [1.29, 1.82) is 0 Å². The van der Waals surface area contributed by atoms with Crippen molar-refractivity contribution in [3.8, 4) is 0 Å². The van der Waals surface area contributed by atoms with E-state index in [9.17, 15) is 22.8 Å². The fourth-order valence-electron chi connectivity index (χ4n) is 1.61. The Morgan fingerprint density at radius 1 is 1.42 bits per heavy atom. The summed E-state index contributed by atoms with van der Waals surface area (Å²) in [6.07, 6.45) is -5.37. The van der Waals surface area contributed by atoms with Gasteiger partial charge in [-0.25, -0.2) is 0 Å². The maximum Gasteiger partial charge on any atom is 0.411 e. The SMILES string of the molecule is O=C(O)CC1CN(C(=O)COCC(F)(F)F)CCO1. The molecule has 1 fully saturated rings. The molecular weight excluding hydrogens is 271 g/mol. The van der Waals surface area contributed by atoms with Crippen LogP contribution >= 0.6 is 0 Å². The van der Waals surface area contributed by atoms with Crippen LogP contribution in [0.2, 0.25) is 0 Å². The first kappa shape index (κ1) is 15.7. The van der Waals surface area contributed by atoms with Crippen molar-refractivity contribution in [3.63, 3.8) is 0 Å². The van der Waals surface area contributed by atoms with Gasteiger partial charge < -0.3 is 19.5 Å². The van der Waals surface area contributed by atoms with E-state index in [1.165, 1.54) is 4.90 Å². The molecule has 0 bridgehead atoms. The molecular formula is C10H14F3NO5. The van der Waals surface area contributed by atoms with Crippen LogP contribution in [-0.4, -0.2) is 67.1 Å². The van der Waals surface area contributed by atoms with Crippen molar-refractivity contribution >= 4 is 11.9 Å². The lowest BCUT2D eigenvalue weighted by Gasteiger charge is -2.32. The highest BCUT2D eigenvalue weighted by Gasteiger charge is 2.29. The number of carboxylic acid groups (broad SMARTS) is 1. The molecule has 0 aromatic rings. The number of hydrogen-bond donors (Lipinski definition) is 1. The molecule has 1 saturated heterocycles. The number of alkyl halides is 3. The van der Waals surface area contributed by atoms with Gasteiger partial charge in [-0.2, -0.15) is 13.2 Å². The summed E-state index contributed by atoms with van der Waals surface area (Å²) in [5, 5.41) is 8.59. The molecule has 9 heteroatoms. The molecule has 1 aliphatic rings. The number of carbonyl (C=O) groups excluding carboxylic acids is 1. The fourth-order valence-corrected chi connectivity index (χ4v) is 1.61. The van der Waals surface area contributed by atoms with Gasteiger partial charge in [0.1, 0.15) is 13.2 Å². The van der Waals surface area contributed by atoms with E-state index in [1.807, 2.05) is 0 Å². The predicted molar refractivity (Wildman–Crippen MR) is 55.4 cm³/mol. The van der Waals surface area contributed by atoms with Crippen LogP contribution in [0.25, 0.3) is 0 Å². The smallest absolute Gasteiger partial charge is 0.411 e. The number of halogens is 3. The van der Waals surface area contributed by atoms with Crippen molar-refractivity contribution in [2.45, 2.75) is 18.7 Å². The lowest BCUT2D eigenvalue weighted by atomic mass is 10.2. The van der Waals surface area contributed by atoms with Crippen molar-refractivity contribution in [2.24, 2.45) is 0 Å². The molecule has 0 aliphatic carbocycles. The molecule has 1 unspecified atom stereocenters. The topological polar surface area (TPSA) is 76.1 Å². The quantitative estimate of drug-likeness (QED) is 0.784. The second kappa shape index (κ2) is 6.71. The third-order valence-corrected chi connectivity index (χ3v) is 2.39. The van der Waals surface area contributed by atoms with Gasteiger partial charge in [0.2, 0.25) is 5.91 Å². The van der Waals surface area contributed by atoms with E-state index in [0.29, 0.717) is 0 Å². The number of nitrogens with zero attached hydrogens (tertiary/aromatic N) is 1. The van der Waals surface area contributed by atoms with Gasteiger partial charge in [0.05, 0.1) is 19.1 Å². The van der Waals surface area contributed by atoms with Gasteiger partial charge in [0.25, 0.3) is 0 Å². The average Bonchev–Trinajstić information content (AvgIpc) is 2.26. The summed E-state index contributed by atoms with van der Waals surface area (Å²) in [5.74, 6) is -1.67. The highest BCUT2D eigenvalue weighted by Crippen LogP contribution is 2.15. The molecule has 19 heavy (non-hydrogen) atoms. The van der Waals surface area contributed by atoms with E-state index in [1.54, 1.807) is 0 Å². The average molecular weight is 285 g/mol. The van der Waals surface area contributed by atoms with Crippen LogP contribution in [0.4, 0.5) is 13.2 Å². The van der Waals surface area contributed by atoms with Gasteiger partial charge in [0, 0.05) is 13.1 Å². The van der Waals surface area contributed by atoms with Crippen LogP contribution in [-0.2, 0) is 19.1 Å². The molecule has 6 nitrogen and oxygen atoms in total. The van der Waals surface area contributed by atoms with Crippen LogP contribution < -0.4 is 0 Å². The molecule has 0 spiro atoms. The molecule has 0 saturated carbocycles. The number of aliphatic carboxylic acids is 1. The molecule has 110 valence electrons. The summed E-state index contributed by atoms with van der Waals surface area (Å²) in [7, 11) is 0. The molecule has 0 aromatic carbocycles. The maximum absolute atomic E-state index is 11.8. The van der Waals surface area contributed by atoms with Gasteiger partial charge in [-0.3, -0.25) is 9.59 Å². The van der Waals surface area contributed by atoms with Gasteiger partial charge in [-0.05, 0) is 0 Å². The number of carbonyl (C=O) groups is 2. The lowest BCUT2D eigenvalue weighted by molar-refractivity contribution is -0.179. The van der Waals surface area contributed by atoms with E-state index >= 15 is 0 Å². The minimum Gasteiger partial charge on any atom is -0.481 e.